The van der Waals surface area contributed by atoms with Gasteiger partial charge in [0.15, 0.2) is 5.11 Å². The second kappa shape index (κ2) is 3.80. The summed E-state index contributed by atoms with van der Waals surface area (Å²) in [6.45, 7) is 9.58. The lowest BCUT2D eigenvalue weighted by atomic mass is 10.1. The van der Waals surface area contributed by atoms with E-state index in [4.69, 9.17) is 12.2 Å². The number of hydrazine groups is 1. The first-order valence-electron chi connectivity index (χ1n) is 4.78. The third-order valence-corrected chi connectivity index (χ3v) is 2.33. The van der Waals surface area contributed by atoms with Gasteiger partial charge >= 0.3 is 0 Å². The quantitative estimate of drug-likeness (QED) is 0.676. The van der Waals surface area contributed by atoms with Crippen LogP contribution in [-0.2, 0) is 0 Å². The lowest BCUT2D eigenvalue weighted by molar-refractivity contribution is 0.240. The zero-order valence-corrected chi connectivity index (χ0v) is 9.66. The van der Waals surface area contributed by atoms with E-state index in [2.05, 4.69) is 38.4 Å². The molecule has 4 heteroatoms. The summed E-state index contributed by atoms with van der Waals surface area (Å²) in [6, 6.07) is 0. The number of thiocarbonyl (C=S) groups is 1. The van der Waals surface area contributed by atoms with Gasteiger partial charge in [0.1, 0.15) is 5.66 Å². The van der Waals surface area contributed by atoms with E-state index in [9.17, 15) is 0 Å². The summed E-state index contributed by atoms with van der Waals surface area (Å²) in [7, 11) is 0. The highest BCUT2D eigenvalue weighted by Crippen LogP contribution is 2.10. The third-order valence-electron chi connectivity index (χ3n) is 2.01. The van der Waals surface area contributed by atoms with Crippen LogP contribution in [-0.4, -0.2) is 22.3 Å². The molecule has 0 aromatic rings. The van der Waals surface area contributed by atoms with Gasteiger partial charge in [-0.1, -0.05) is 13.8 Å². The van der Waals surface area contributed by atoms with Crippen LogP contribution in [0.1, 0.15) is 34.1 Å². The summed E-state index contributed by atoms with van der Waals surface area (Å²) in [5.41, 5.74) is 3.23. The molecule has 0 radical (unpaired) electrons. The molecule has 0 spiro atoms. The lowest BCUT2D eigenvalue weighted by Crippen LogP contribution is -2.45. The third kappa shape index (κ3) is 3.12. The second-order valence-corrected chi connectivity index (χ2v) is 4.89. The normalized spacial score (nSPS) is 21.0. The average Bonchev–Trinajstić information content (AvgIpc) is 2.20. The van der Waals surface area contributed by atoms with Gasteiger partial charge in [0.05, 0.1) is 0 Å². The fraction of sp³-hybridized carbons (Fsp3) is 0.889. The molecular weight excluding hydrogens is 182 g/mol. The van der Waals surface area contributed by atoms with Gasteiger partial charge in [-0.2, -0.15) is 0 Å². The van der Waals surface area contributed by atoms with E-state index in [0.29, 0.717) is 5.92 Å². The molecule has 0 aromatic carbocycles. The molecule has 13 heavy (non-hydrogen) atoms. The molecule has 0 atom stereocenters. The Morgan fingerprint density at radius 2 is 2.08 bits per heavy atom. The molecule has 1 rings (SSSR count). The van der Waals surface area contributed by atoms with Crippen LogP contribution in [0.2, 0.25) is 0 Å². The van der Waals surface area contributed by atoms with Gasteiger partial charge in [-0.25, -0.2) is 5.43 Å². The maximum absolute atomic E-state index is 5.19. The van der Waals surface area contributed by atoms with E-state index >= 15 is 0 Å². The molecule has 1 saturated heterocycles. The first-order chi connectivity index (χ1) is 5.91. The topological polar surface area (TPSA) is 27.3 Å². The molecule has 3 nitrogen and oxygen atoms in total. The summed E-state index contributed by atoms with van der Waals surface area (Å²) in [6.07, 6.45) is 1.16. The minimum atomic E-state index is -0.0892. The number of nitrogens with zero attached hydrogens (tertiary/aromatic N) is 1. The smallest absolute Gasteiger partial charge is 0.185 e. The van der Waals surface area contributed by atoms with Crippen LogP contribution in [0.5, 0.6) is 0 Å². The van der Waals surface area contributed by atoms with E-state index < -0.39 is 0 Å². The van der Waals surface area contributed by atoms with Gasteiger partial charge < -0.3 is 5.32 Å². The Bertz CT molecular complexity index is 201. The van der Waals surface area contributed by atoms with E-state index in [-0.39, 0.29) is 5.66 Å². The molecule has 0 amide bonds. The molecule has 1 aliphatic heterocycles. The molecule has 0 aliphatic carbocycles. The zero-order chi connectivity index (χ0) is 10.1. The van der Waals surface area contributed by atoms with Crippen LogP contribution in [0.15, 0.2) is 0 Å². The van der Waals surface area contributed by atoms with E-state index in [1.54, 1.807) is 0 Å². The van der Waals surface area contributed by atoms with Crippen molar-refractivity contribution in [2.45, 2.75) is 39.8 Å². The van der Waals surface area contributed by atoms with E-state index in [1.165, 1.54) is 0 Å². The van der Waals surface area contributed by atoms with Gasteiger partial charge in [0.2, 0.25) is 0 Å². The van der Waals surface area contributed by atoms with Gasteiger partial charge in [0.25, 0.3) is 0 Å². The zero-order valence-electron chi connectivity index (χ0n) is 8.85. The predicted octanol–water partition coefficient (Wildman–Crippen LogP) is 1.46. The van der Waals surface area contributed by atoms with Gasteiger partial charge in [-0.05, 0) is 38.4 Å². The van der Waals surface area contributed by atoms with E-state index in [0.717, 1.165) is 18.1 Å². The Morgan fingerprint density at radius 3 is 2.46 bits per heavy atom. The average molecular weight is 201 g/mol. The monoisotopic (exact) mass is 201 g/mol. The van der Waals surface area contributed by atoms with Crippen LogP contribution in [0.4, 0.5) is 0 Å². The molecular formula is C9H19N3S. The van der Waals surface area contributed by atoms with E-state index in [1.807, 2.05) is 5.01 Å². The van der Waals surface area contributed by atoms with Crippen molar-refractivity contribution >= 4 is 17.3 Å². The fourth-order valence-corrected chi connectivity index (χ4v) is 1.69. The minimum absolute atomic E-state index is 0.0892. The number of nitrogens with one attached hydrogen (secondary N) is 2. The maximum Gasteiger partial charge on any atom is 0.185 e. The molecule has 76 valence electrons. The number of hydrogen-bond acceptors (Lipinski definition) is 2. The molecule has 0 saturated carbocycles. The SMILES string of the molecule is CC(C)CCN1NC(C)(C)NC1=S. The first kappa shape index (κ1) is 10.7. The molecule has 2 N–H and O–H groups in total. The summed E-state index contributed by atoms with van der Waals surface area (Å²) in [5.74, 6) is 0.716. The second-order valence-electron chi connectivity index (χ2n) is 4.50. The van der Waals surface area contributed by atoms with Crippen molar-refractivity contribution < 1.29 is 0 Å². The Morgan fingerprint density at radius 1 is 1.46 bits per heavy atom. The fourth-order valence-electron chi connectivity index (χ4n) is 1.30. The maximum atomic E-state index is 5.19. The lowest BCUT2D eigenvalue weighted by Gasteiger charge is -2.21. The van der Waals surface area contributed by atoms with Crippen LogP contribution < -0.4 is 10.7 Å². The number of rotatable bonds is 3. The molecule has 1 fully saturated rings. The highest BCUT2D eigenvalue weighted by atomic mass is 32.1. The van der Waals surface area contributed by atoms with Crippen LogP contribution in [0.25, 0.3) is 0 Å². The van der Waals surface area contributed by atoms with Crippen LogP contribution >= 0.6 is 12.2 Å². The summed E-state index contributed by atoms with van der Waals surface area (Å²) < 4.78 is 0. The molecule has 1 heterocycles. The Labute approximate surface area is 85.8 Å². The molecule has 0 unspecified atom stereocenters. The number of hydrogen-bond donors (Lipinski definition) is 2. The molecule has 0 bridgehead atoms. The summed E-state index contributed by atoms with van der Waals surface area (Å²) in [4.78, 5) is 0. The standard InChI is InChI=1S/C9H19N3S/c1-7(2)5-6-12-8(13)10-9(3,4)11-12/h7,11H,5-6H2,1-4H3,(H,10,13). The largest absolute Gasteiger partial charge is 0.343 e. The first-order valence-corrected chi connectivity index (χ1v) is 5.19. The van der Waals surface area contributed by atoms with Gasteiger partial charge in [-0.3, -0.25) is 5.01 Å². The van der Waals surface area contributed by atoms with Crippen LogP contribution in [0, 0.1) is 5.92 Å². The van der Waals surface area contributed by atoms with Crippen molar-refractivity contribution in [1.29, 1.82) is 0 Å². The Hall–Kier alpha value is -0.350. The highest BCUT2D eigenvalue weighted by molar-refractivity contribution is 7.80. The van der Waals surface area contributed by atoms with Crippen molar-refractivity contribution in [3.8, 4) is 0 Å². The Balaban J connectivity index is 2.40. The van der Waals surface area contributed by atoms with Crippen molar-refractivity contribution in [3.05, 3.63) is 0 Å². The van der Waals surface area contributed by atoms with Crippen molar-refractivity contribution in [2.75, 3.05) is 6.54 Å². The van der Waals surface area contributed by atoms with Crippen molar-refractivity contribution in [1.82, 2.24) is 15.8 Å². The van der Waals surface area contributed by atoms with Gasteiger partial charge in [-0.15, -0.1) is 0 Å². The van der Waals surface area contributed by atoms with Gasteiger partial charge in [0, 0.05) is 6.54 Å². The Kier molecular flexibility index (Phi) is 3.14. The summed E-state index contributed by atoms with van der Waals surface area (Å²) in [5, 5.41) is 6.05. The molecule has 0 aromatic heterocycles. The predicted molar refractivity (Wildman–Crippen MR) is 59.1 cm³/mol. The van der Waals surface area contributed by atoms with Crippen molar-refractivity contribution in [2.24, 2.45) is 5.92 Å². The summed E-state index contributed by atoms with van der Waals surface area (Å²) >= 11 is 5.19. The minimum Gasteiger partial charge on any atom is -0.343 e. The highest BCUT2D eigenvalue weighted by Gasteiger charge is 2.30. The van der Waals surface area contributed by atoms with Crippen LogP contribution in [0.3, 0.4) is 0 Å². The van der Waals surface area contributed by atoms with Crippen molar-refractivity contribution in [3.63, 3.8) is 0 Å². The molecule has 1 aliphatic rings.